The van der Waals surface area contributed by atoms with Gasteiger partial charge in [-0.3, -0.25) is 15.1 Å². The van der Waals surface area contributed by atoms with Gasteiger partial charge in [0.25, 0.3) is 5.69 Å². The highest BCUT2D eigenvalue weighted by Crippen LogP contribution is 2.22. The Bertz CT molecular complexity index is 567. The maximum Gasteiger partial charge on any atom is 0.292 e. The molecule has 0 aliphatic carbocycles. The number of hydrogen-bond acceptors (Lipinski definition) is 4. The van der Waals surface area contributed by atoms with E-state index < -0.39 is 0 Å². The van der Waals surface area contributed by atoms with Crippen LogP contribution in [0.1, 0.15) is 19.8 Å². The van der Waals surface area contributed by atoms with Gasteiger partial charge < -0.3 is 15.5 Å². The van der Waals surface area contributed by atoms with Crippen molar-refractivity contribution in [1.29, 1.82) is 0 Å². The number of anilines is 1. The topological polar surface area (TPSA) is 82.8 Å². The predicted octanol–water partition coefficient (Wildman–Crippen LogP) is 2.93. The third-order valence-corrected chi connectivity index (χ3v) is 3.99. The van der Waals surface area contributed by atoms with E-state index in [4.69, 9.17) is 0 Å². The highest BCUT2D eigenvalue weighted by molar-refractivity contribution is 14.0. The summed E-state index contributed by atoms with van der Waals surface area (Å²) < 4.78 is 0. The number of halogens is 1. The summed E-state index contributed by atoms with van der Waals surface area (Å²) in [4.78, 5) is 17.2. The van der Waals surface area contributed by atoms with Gasteiger partial charge in [-0.15, -0.1) is 24.0 Å². The molecule has 0 aromatic heterocycles. The van der Waals surface area contributed by atoms with E-state index in [2.05, 4.69) is 27.4 Å². The van der Waals surface area contributed by atoms with Gasteiger partial charge >= 0.3 is 0 Å². The average molecular weight is 447 g/mol. The minimum absolute atomic E-state index is 0. The second-order valence-electron chi connectivity index (χ2n) is 5.87. The first kappa shape index (κ1) is 20.5. The largest absolute Gasteiger partial charge is 0.378 e. The Balaban J connectivity index is 0.00000288. The average Bonchev–Trinajstić information content (AvgIpc) is 2.55. The van der Waals surface area contributed by atoms with Gasteiger partial charge in [0.15, 0.2) is 5.96 Å². The van der Waals surface area contributed by atoms with Gasteiger partial charge in [0.05, 0.1) is 4.92 Å². The van der Waals surface area contributed by atoms with Gasteiger partial charge in [0, 0.05) is 39.3 Å². The molecule has 1 atom stereocenters. The first-order chi connectivity index (χ1) is 11.1. The summed E-state index contributed by atoms with van der Waals surface area (Å²) in [5.74, 6) is 1.59. The van der Waals surface area contributed by atoms with Gasteiger partial charge in [-0.25, -0.2) is 0 Å². The number of benzene rings is 1. The van der Waals surface area contributed by atoms with E-state index in [0.717, 1.165) is 19.0 Å². The van der Waals surface area contributed by atoms with Gasteiger partial charge in [-0.1, -0.05) is 19.1 Å². The molecule has 1 aromatic carbocycles. The number of aliphatic imine (C=N–C) groups is 1. The molecule has 2 rings (SSSR count). The van der Waals surface area contributed by atoms with E-state index in [9.17, 15) is 10.1 Å². The number of piperidine rings is 1. The van der Waals surface area contributed by atoms with Crippen LogP contribution in [0.15, 0.2) is 29.3 Å². The second-order valence-corrected chi connectivity index (χ2v) is 5.87. The molecule has 1 saturated heterocycles. The molecule has 0 saturated carbocycles. The van der Waals surface area contributed by atoms with Crippen molar-refractivity contribution in [3.63, 3.8) is 0 Å². The van der Waals surface area contributed by atoms with E-state index >= 15 is 0 Å². The van der Waals surface area contributed by atoms with Crippen molar-refractivity contribution in [3.8, 4) is 0 Å². The van der Waals surface area contributed by atoms with Crippen LogP contribution >= 0.6 is 24.0 Å². The number of rotatable bonds is 5. The van der Waals surface area contributed by atoms with E-state index in [-0.39, 0.29) is 34.6 Å². The van der Waals surface area contributed by atoms with Gasteiger partial charge in [0.1, 0.15) is 5.69 Å². The monoisotopic (exact) mass is 447 g/mol. The molecule has 1 fully saturated rings. The minimum Gasteiger partial charge on any atom is -0.378 e. The molecular weight excluding hydrogens is 421 g/mol. The molecule has 2 N–H and O–H groups in total. The van der Waals surface area contributed by atoms with Crippen molar-refractivity contribution < 1.29 is 4.92 Å². The summed E-state index contributed by atoms with van der Waals surface area (Å²) in [6.07, 6.45) is 2.46. The summed E-state index contributed by atoms with van der Waals surface area (Å²) >= 11 is 0. The SMILES string of the molecule is CN=C(NCCNc1ccccc1[N+](=O)[O-])N1CCCC(C)C1.I. The molecule has 1 aromatic rings. The van der Waals surface area contributed by atoms with Crippen LogP contribution in [-0.2, 0) is 0 Å². The lowest BCUT2D eigenvalue weighted by Crippen LogP contribution is -2.47. The second kappa shape index (κ2) is 10.3. The maximum atomic E-state index is 11.0. The standard InChI is InChI=1S/C16H25N5O2.HI/c1-13-6-5-11-20(12-13)16(17-2)19-10-9-18-14-7-3-4-8-15(14)21(22)23;/h3-4,7-8,13,18H,5-6,9-12H2,1-2H3,(H,17,19);1H. The summed E-state index contributed by atoms with van der Waals surface area (Å²) in [5.41, 5.74) is 0.641. The normalized spacial score (nSPS) is 17.8. The fourth-order valence-electron chi connectivity index (χ4n) is 2.87. The molecule has 8 heteroatoms. The maximum absolute atomic E-state index is 11.0. The van der Waals surface area contributed by atoms with Gasteiger partial charge in [-0.05, 0) is 24.8 Å². The number of likely N-dealkylation sites (tertiary alicyclic amines) is 1. The van der Waals surface area contributed by atoms with E-state index in [1.807, 2.05) is 0 Å². The summed E-state index contributed by atoms with van der Waals surface area (Å²) in [6, 6.07) is 6.68. The molecule has 0 amide bonds. The van der Waals surface area contributed by atoms with Crippen LogP contribution in [0.5, 0.6) is 0 Å². The van der Waals surface area contributed by atoms with Crippen LogP contribution in [0.2, 0.25) is 0 Å². The lowest BCUT2D eigenvalue weighted by molar-refractivity contribution is -0.384. The van der Waals surface area contributed by atoms with E-state index in [1.54, 1.807) is 25.2 Å². The summed E-state index contributed by atoms with van der Waals surface area (Å²) in [5, 5.41) is 17.4. The van der Waals surface area contributed by atoms with E-state index in [0.29, 0.717) is 24.7 Å². The van der Waals surface area contributed by atoms with Crippen molar-refractivity contribution in [2.24, 2.45) is 10.9 Å². The third kappa shape index (κ3) is 5.81. The minimum atomic E-state index is -0.371. The Kier molecular flexibility index (Phi) is 8.80. The highest BCUT2D eigenvalue weighted by Gasteiger charge is 2.19. The first-order valence-corrected chi connectivity index (χ1v) is 8.04. The molecule has 7 nitrogen and oxygen atoms in total. The summed E-state index contributed by atoms with van der Waals surface area (Å²) in [6.45, 7) is 5.56. The lowest BCUT2D eigenvalue weighted by atomic mass is 10.0. The molecular formula is C16H26IN5O2. The van der Waals surface area contributed by atoms with Crippen LogP contribution in [0.4, 0.5) is 11.4 Å². The first-order valence-electron chi connectivity index (χ1n) is 8.04. The van der Waals surface area contributed by atoms with Gasteiger partial charge in [-0.2, -0.15) is 0 Å². The molecule has 134 valence electrons. The zero-order valence-corrected chi connectivity index (χ0v) is 16.5. The Labute approximate surface area is 160 Å². The highest BCUT2D eigenvalue weighted by atomic mass is 127. The van der Waals surface area contributed by atoms with Crippen LogP contribution in [0.25, 0.3) is 0 Å². The number of guanidine groups is 1. The number of nitro groups is 1. The molecule has 0 bridgehead atoms. The van der Waals surface area contributed by atoms with Crippen LogP contribution in [0.3, 0.4) is 0 Å². The Morgan fingerprint density at radius 3 is 2.83 bits per heavy atom. The molecule has 1 heterocycles. The molecule has 0 radical (unpaired) electrons. The number of nitrogens with one attached hydrogen (secondary N) is 2. The Morgan fingerprint density at radius 2 is 2.17 bits per heavy atom. The van der Waals surface area contributed by atoms with Crippen LogP contribution in [0, 0.1) is 16.0 Å². The third-order valence-electron chi connectivity index (χ3n) is 3.99. The van der Waals surface area contributed by atoms with Gasteiger partial charge in [0.2, 0.25) is 0 Å². The van der Waals surface area contributed by atoms with Crippen molar-refractivity contribution in [2.45, 2.75) is 19.8 Å². The zero-order valence-electron chi connectivity index (χ0n) is 14.2. The molecule has 0 spiro atoms. The quantitative estimate of drug-likeness (QED) is 0.181. The van der Waals surface area contributed by atoms with Crippen molar-refractivity contribution in [3.05, 3.63) is 34.4 Å². The fourth-order valence-corrected chi connectivity index (χ4v) is 2.87. The fraction of sp³-hybridized carbons (Fsp3) is 0.562. The van der Waals surface area contributed by atoms with Crippen molar-refractivity contribution in [2.75, 3.05) is 38.5 Å². The Hall–Kier alpha value is -1.58. The molecule has 1 aliphatic rings. The molecule has 24 heavy (non-hydrogen) atoms. The summed E-state index contributed by atoms with van der Waals surface area (Å²) in [7, 11) is 1.79. The molecule has 1 unspecified atom stereocenters. The van der Waals surface area contributed by atoms with E-state index in [1.165, 1.54) is 18.9 Å². The van der Waals surface area contributed by atoms with Crippen LogP contribution in [-0.4, -0.2) is 49.0 Å². The zero-order chi connectivity index (χ0) is 16.7. The number of nitro benzene ring substituents is 1. The molecule has 1 aliphatic heterocycles. The lowest BCUT2D eigenvalue weighted by Gasteiger charge is -2.33. The number of para-hydroxylation sites is 2. The van der Waals surface area contributed by atoms with Crippen LogP contribution < -0.4 is 10.6 Å². The van der Waals surface area contributed by atoms with Crippen molar-refractivity contribution >= 4 is 41.3 Å². The van der Waals surface area contributed by atoms with Crippen molar-refractivity contribution in [1.82, 2.24) is 10.2 Å². The number of nitrogens with zero attached hydrogens (tertiary/aromatic N) is 3. The predicted molar refractivity (Wildman–Crippen MR) is 108 cm³/mol. The Morgan fingerprint density at radius 1 is 1.42 bits per heavy atom. The smallest absolute Gasteiger partial charge is 0.292 e. The number of hydrogen-bond donors (Lipinski definition) is 2.